The van der Waals surface area contributed by atoms with Gasteiger partial charge in [0.25, 0.3) is 5.91 Å². The SMILES string of the molecule is COc1cc(C(=O)N2CCC(NC(=O)CNC(=O)OC(C)(C)C)CC2)cc(OC)c1OC. The minimum atomic E-state index is -0.640. The molecular formula is C22H33N3O7. The molecule has 3 amide bonds. The first-order chi connectivity index (χ1) is 15.1. The Morgan fingerprint density at radius 2 is 1.56 bits per heavy atom. The Morgan fingerprint density at radius 3 is 2.03 bits per heavy atom. The fraction of sp³-hybridized carbons (Fsp3) is 0.591. The fourth-order valence-corrected chi connectivity index (χ4v) is 3.36. The fourth-order valence-electron chi connectivity index (χ4n) is 3.36. The number of hydrogen-bond acceptors (Lipinski definition) is 7. The van der Waals surface area contributed by atoms with Gasteiger partial charge in [0.2, 0.25) is 11.7 Å². The molecule has 1 aliphatic heterocycles. The minimum Gasteiger partial charge on any atom is -0.493 e. The summed E-state index contributed by atoms with van der Waals surface area (Å²) in [5.41, 5.74) is -0.193. The van der Waals surface area contributed by atoms with E-state index >= 15 is 0 Å². The Balaban J connectivity index is 1.88. The highest BCUT2D eigenvalue weighted by molar-refractivity contribution is 5.95. The van der Waals surface area contributed by atoms with Gasteiger partial charge < -0.3 is 34.5 Å². The molecule has 0 radical (unpaired) electrons. The molecular weight excluding hydrogens is 418 g/mol. The molecule has 0 aromatic heterocycles. The van der Waals surface area contributed by atoms with E-state index in [-0.39, 0.29) is 24.4 Å². The number of rotatable bonds is 7. The van der Waals surface area contributed by atoms with E-state index in [0.29, 0.717) is 48.7 Å². The summed E-state index contributed by atoms with van der Waals surface area (Å²) in [6.45, 7) is 6.05. The van der Waals surface area contributed by atoms with E-state index in [9.17, 15) is 14.4 Å². The summed E-state index contributed by atoms with van der Waals surface area (Å²) in [5, 5.41) is 5.32. The van der Waals surface area contributed by atoms with Gasteiger partial charge in [-0.1, -0.05) is 0 Å². The second-order valence-electron chi connectivity index (χ2n) is 8.40. The van der Waals surface area contributed by atoms with E-state index in [1.165, 1.54) is 21.3 Å². The summed E-state index contributed by atoms with van der Waals surface area (Å²) >= 11 is 0. The minimum absolute atomic E-state index is 0.0769. The van der Waals surface area contributed by atoms with Crippen molar-refractivity contribution in [2.45, 2.75) is 45.3 Å². The number of ether oxygens (including phenoxy) is 4. The molecule has 1 aromatic carbocycles. The number of carbonyl (C=O) groups excluding carboxylic acids is 3. The first kappa shape index (κ1) is 25.1. The number of benzene rings is 1. The zero-order valence-corrected chi connectivity index (χ0v) is 19.6. The number of likely N-dealkylation sites (tertiary alicyclic amines) is 1. The van der Waals surface area contributed by atoms with E-state index in [0.717, 1.165) is 0 Å². The van der Waals surface area contributed by atoms with E-state index < -0.39 is 11.7 Å². The van der Waals surface area contributed by atoms with Crippen LogP contribution in [0.15, 0.2) is 12.1 Å². The van der Waals surface area contributed by atoms with Crippen LogP contribution in [0.4, 0.5) is 4.79 Å². The standard InChI is InChI=1S/C22H33N3O7/c1-22(2,3)32-21(28)23-13-18(26)24-15-7-9-25(10-8-15)20(27)14-11-16(29-4)19(31-6)17(12-14)30-5/h11-12,15H,7-10,13H2,1-6H3,(H,23,28)(H,24,26). The van der Waals surface area contributed by atoms with Crippen molar-refractivity contribution in [2.75, 3.05) is 41.0 Å². The highest BCUT2D eigenvalue weighted by Gasteiger charge is 2.26. The van der Waals surface area contributed by atoms with Gasteiger partial charge in [0.15, 0.2) is 11.5 Å². The lowest BCUT2D eigenvalue weighted by atomic mass is 10.0. The molecule has 2 N–H and O–H groups in total. The molecule has 0 atom stereocenters. The maximum atomic E-state index is 13.0. The number of methoxy groups -OCH3 is 3. The molecule has 1 saturated heterocycles. The van der Waals surface area contributed by atoms with Crippen molar-refractivity contribution in [3.8, 4) is 17.2 Å². The summed E-state index contributed by atoms with van der Waals surface area (Å²) in [5.74, 6) is 0.795. The molecule has 0 aliphatic carbocycles. The van der Waals surface area contributed by atoms with Crippen LogP contribution in [0.5, 0.6) is 17.2 Å². The summed E-state index contributed by atoms with van der Waals surface area (Å²) < 4.78 is 21.1. The molecule has 10 nitrogen and oxygen atoms in total. The van der Waals surface area contributed by atoms with Crippen molar-refractivity contribution in [2.24, 2.45) is 0 Å². The van der Waals surface area contributed by atoms with Crippen LogP contribution in [0.1, 0.15) is 44.0 Å². The third kappa shape index (κ3) is 6.93. The number of piperidine rings is 1. The lowest BCUT2D eigenvalue weighted by molar-refractivity contribution is -0.121. The number of nitrogens with zero attached hydrogens (tertiary/aromatic N) is 1. The summed E-state index contributed by atoms with van der Waals surface area (Å²) in [4.78, 5) is 38.5. The molecule has 1 aromatic rings. The van der Waals surface area contributed by atoms with Gasteiger partial charge in [0, 0.05) is 24.7 Å². The third-order valence-electron chi connectivity index (χ3n) is 4.85. The van der Waals surface area contributed by atoms with Gasteiger partial charge in [0.05, 0.1) is 21.3 Å². The lowest BCUT2D eigenvalue weighted by Crippen LogP contribution is -2.49. The number of hydrogen-bond donors (Lipinski definition) is 2. The van der Waals surface area contributed by atoms with Crippen molar-refractivity contribution in [1.29, 1.82) is 0 Å². The molecule has 2 rings (SSSR count). The van der Waals surface area contributed by atoms with Crippen molar-refractivity contribution in [3.05, 3.63) is 17.7 Å². The molecule has 178 valence electrons. The average Bonchev–Trinajstić information content (AvgIpc) is 2.75. The highest BCUT2D eigenvalue weighted by Crippen LogP contribution is 2.38. The number of carbonyl (C=O) groups is 3. The smallest absolute Gasteiger partial charge is 0.408 e. The number of alkyl carbamates (subject to hydrolysis) is 1. The summed E-state index contributed by atoms with van der Waals surface area (Å²) in [7, 11) is 4.50. The second kappa shape index (κ2) is 10.9. The normalized spacial score (nSPS) is 14.4. The van der Waals surface area contributed by atoms with E-state index in [4.69, 9.17) is 18.9 Å². The van der Waals surface area contributed by atoms with E-state index in [1.807, 2.05) is 0 Å². The average molecular weight is 452 g/mol. The zero-order valence-electron chi connectivity index (χ0n) is 19.6. The molecule has 10 heteroatoms. The maximum Gasteiger partial charge on any atom is 0.408 e. The van der Waals surface area contributed by atoms with E-state index in [1.54, 1.807) is 37.8 Å². The number of amides is 3. The molecule has 1 aliphatic rings. The lowest BCUT2D eigenvalue weighted by Gasteiger charge is -2.32. The van der Waals surface area contributed by atoms with Gasteiger partial charge in [-0.05, 0) is 45.7 Å². The molecule has 0 saturated carbocycles. The van der Waals surface area contributed by atoms with Crippen LogP contribution < -0.4 is 24.8 Å². The Labute approximate surface area is 188 Å². The van der Waals surface area contributed by atoms with Crippen LogP contribution in [0.3, 0.4) is 0 Å². The predicted molar refractivity (Wildman–Crippen MR) is 117 cm³/mol. The summed E-state index contributed by atoms with van der Waals surface area (Å²) in [6, 6.07) is 3.17. The monoisotopic (exact) mass is 451 g/mol. The van der Waals surface area contributed by atoms with Crippen LogP contribution in [-0.2, 0) is 9.53 Å². The van der Waals surface area contributed by atoms with Crippen molar-refractivity contribution < 1.29 is 33.3 Å². The zero-order chi connectivity index (χ0) is 23.9. The molecule has 1 heterocycles. The molecule has 32 heavy (non-hydrogen) atoms. The maximum absolute atomic E-state index is 13.0. The van der Waals surface area contributed by atoms with Crippen molar-refractivity contribution in [3.63, 3.8) is 0 Å². The molecule has 0 unspecified atom stereocenters. The third-order valence-corrected chi connectivity index (χ3v) is 4.85. The summed E-state index contributed by atoms with van der Waals surface area (Å²) in [6.07, 6.45) is 0.571. The Kier molecular flexibility index (Phi) is 8.56. The van der Waals surface area contributed by atoms with Gasteiger partial charge in [-0.3, -0.25) is 9.59 Å². The van der Waals surface area contributed by atoms with Gasteiger partial charge in [-0.25, -0.2) is 4.79 Å². The van der Waals surface area contributed by atoms with Crippen LogP contribution in [0.25, 0.3) is 0 Å². The second-order valence-corrected chi connectivity index (χ2v) is 8.40. The van der Waals surface area contributed by atoms with Crippen LogP contribution in [-0.4, -0.2) is 75.4 Å². The van der Waals surface area contributed by atoms with Crippen molar-refractivity contribution >= 4 is 17.9 Å². The Hall–Kier alpha value is -3.17. The van der Waals surface area contributed by atoms with E-state index in [2.05, 4.69) is 10.6 Å². The quantitative estimate of drug-likeness (QED) is 0.651. The predicted octanol–water partition coefficient (Wildman–Crippen LogP) is 1.96. The Morgan fingerprint density at radius 1 is 1.00 bits per heavy atom. The largest absolute Gasteiger partial charge is 0.493 e. The molecule has 0 bridgehead atoms. The van der Waals surface area contributed by atoms with Gasteiger partial charge in [-0.2, -0.15) is 0 Å². The van der Waals surface area contributed by atoms with Gasteiger partial charge in [-0.15, -0.1) is 0 Å². The van der Waals surface area contributed by atoms with Gasteiger partial charge >= 0.3 is 6.09 Å². The number of nitrogens with one attached hydrogen (secondary N) is 2. The van der Waals surface area contributed by atoms with Crippen LogP contribution in [0.2, 0.25) is 0 Å². The van der Waals surface area contributed by atoms with Crippen LogP contribution >= 0.6 is 0 Å². The van der Waals surface area contributed by atoms with Crippen molar-refractivity contribution in [1.82, 2.24) is 15.5 Å². The first-order valence-corrected chi connectivity index (χ1v) is 10.4. The molecule has 1 fully saturated rings. The van der Waals surface area contributed by atoms with Crippen LogP contribution in [0, 0.1) is 0 Å². The Bertz CT molecular complexity index is 802. The van der Waals surface area contributed by atoms with Gasteiger partial charge in [0.1, 0.15) is 12.1 Å². The topological polar surface area (TPSA) is 115 Å². The first-order valence-electron chi connectivity index (χ1n) is 10.4. The highest BCUT2D eigenvalue weighted by atomic mass is 16.6. The molecule has 0 spiro atoms.